The van der Waals surface area contributed by atoms with Crippen molar-refractivity contribution in [3.8, 4) is 0 Å². The van der Waals surface area contributed by atoms with Crippen LogP contribution in [0, 0.1) is 0 Å². The van der Waals surface area contributed by atoms with Crippen molar-refractivity contribution in [2.75, 3.05) is 5.32 Å². The molecule has 0 unspecified atom stereocenters. The van der Waals surface area contributed by atoms with Crippen LogP contribution in [-0.2, 0) is 17.8 Å². The van der Waals surface area contributed by atoms with Crippen LogP contribution in [0.3, 0.4) is 0 Å². The number of hydrogen-bond acceptors (Lipinski definition) is 2. The van der Waals surface area contributed by atoms with E-state index in [-0.39, 0.29) is 5.91 Å². The Balaban J connectivity index is 1.83. The Morgan fingerprint density at radius 1 is 0.955 bits per heavy atom. The Morgan fingerprint density at radius 3 is 2.14 bits per heavy atom. The molecule has 0 heterocycles. The van der Waals surface area contributed by atoms with E-state index in [2.05, 4.69) is 26.6 Å². The van der Waals surface area contributed by atoms with Crippen LogP contribution in [0.4, 0.5) is 10.5 Å². The number of anilines is 1. The molecule has 2 rings (SSSR count). The number of carbonyl (C=O) groups is 2. The average molecular weight is 362 g/mol. The second-order valence-corrected chi connectivity index (χ2v) is 5.68. The molecule has 3 amide bonds. The van der Waals surface area contributed by atoms with Crippen molar-refractivity contribution in [2.24, 2.45) is 5.73 Å². The molecule has 4 N–H and O–H groups in total. The number of hydrogen-bond donors (Lipinski definition) is 3. The van der Waals surface area contributed by atoms with Gasteiger partial charge in [0.25, 0.3) is 0 Å². The van der Waals surface area contributed by atoms with Crippen LogP contribution in [-0.4, -0.2) is 11.9 Å². The topological polar surface area (TPSA) is 84.2 Å². The molecule has 0 fully saturated rings. The molecule has 5 nitrogen and oxygen atoms in total. The van der Waals surface area contributed by atoms with E-state index in [0.717, 1.165) is 15.6 Å². The standard InChI is InChI=1S/C16H16BrN3O2/c17-13-5-1-11(2-6-13)9-15(21)19-10-12-3-7-14(8-4-12)20-16(18)22/h1-8H,9-10H2,(H,19,21)(H3,18,20,22). The van der Waals surface area contributed by atoms with Crippen LogP contribution in [0.5, 0.6) is 0 Å². The van der Waals surface area contributed by atoms with Gasteiger partial charge in [-0.15, -0.1) is 0 Å². The number of primary amides is 1. The minimum Gasteiger partial charge on any atom is -0.352 e. The fraction of sp³-hybridized carbons (Fsp3) is 0.125. The summed E-state index contributed by atoms with van der Waals surface area (Å²) in [7, 11) is 0. The van der Waals surface area contributed by atoms with E-state index in [1.165, 1.54) is 0 Å². The van der Waals surface area contributed by atoms with Gasteiger partial charge < -0.3 is 16.4 Å². The third-order valence-corrected chi connectivity index (χ3v) is 3.52. The zero-order valence-electron chi connectivity index (χ0n) is 11.8. The SMILES string of the molecule is NC(=O)Nc1ccc(CNC(=O)Cc2ccc(Br)cc2)cc1. The Kier molecular flexibility index (Phi) is 5.55. The van der Waals surface area contributed by atoms with Gasteiger partial charge in [-0.2, -0.15) is 0 Å². The summed E-state index contributed by atoms with van der Waals surface area (Å²) >= 11 is 3.36. The minimum atomic E-state index is -0.601. The van der Waals surface area contributed by atoms with Gasteiger partial charge in [0.05, 0.1) is 6.42 Å². The summed E-state index contributed by atoms with van der Waals surface area (Å²) in [5, 5.41) is 5.34. The van der Waals surface area contributed by atoms with Crippen LogP contribution < -0.4 is 16.4 Å². The van der Waals surface area contributed by atoms with Crippen molar-refractivity contribution in [3.05, 3.63) is 64.1 Å². The van der Waals surface area contributed by atoms with Gasteiger partial charge in [0.2, 0.25) is 5.91 Å². The molecule has 0 atom stereocenters. The Bertz CT molecular complexity index is 654. The van der Waals surface area contributed by atoms with Crippen LogP contribution in [0.2, 0.25) is 0 Å². The van der Waals surface area contributed by atoms with Crippen molar-refractivity contribution in [2.45, 2.75) is 13.0 Å². The summed E-state index contributed by atoms with van der Waals surface area (Å²) in [5.41, 5.74) is 7.56. The van der Waals surface area contributed by atoms with Gasteiger partial charge >= 0.3 is 6.03 Å². The first-order valence-corrected chi connectivity index (χ1v) is 7.49. The quantitative estimate of drug-likeness (QED) is 0.764. The summed E-state index contributed by atoms with van der Waals surface area (Å²) in [5.74, 6) is -0.0401. The highest BCUT2D eigenvalue weighted by Crippen LogP contribution is 2.11. The first-order valence-electron chi connectivity index (χ1n) is 6.69. The van der Waals surface area contributed by atoms with Crippen LogP contribution in [0.15, 0.2) is 53.0 Å². The predicted molar refractivity (Wildman–Crippen MR) is 89.3 cm³/mol. The highest BCUT2D eigenvalue weighted by Gasteiger charge is 2.04. The molecule has 0 radical (unpaired) electrons. The molecular weight excluding hydrogens is 346 g/mol. The molecule has 0 spiro atoms. The fourth-order valence-corrected chi connectivity index (χ4v) is 2.16. The van der Waals surface area contributed by atoms with E-state index in [4.69, 9.17) is 5.73 Å². The number of carbonyl (C=O) groups excluding carboxylic acids is 2. The van der Waals surface area contributed by atoms with Gasteiger partial charge in [-0.05, 0) is 35.4 Å². The van der Waals surface area contributed by atoms with Gasteiger partial charge in [0.15, 0.2) is 0 Å². The van der Waals surface area contributed by atoms with E-state index in [9.17, 15) is 9.59 Å². The number of nitrogens with one attached hydrogen (secondary N) is 2. The maximum atomic E-state index is 11.9. The van der Waals surface area contributed by atoms with E-state index >= 15 is 0 Å². The van der Waals surface area contributed by atoms with E-state index < -0.39 is 6.03 Å². The Hall–Kier alpha value is -2.34. The van der Waals surface area contributed by atoms with E-state index in [1.54, 1.807) is 12.1 Å². The first-order chi connectivity index (χ1) is 10.5. The summed E-state index contributed by atoms with van der Waals surface area (Å²) < 4.78 is 0.987. The van der Waals surface area contributed by atoms with E-state index in [1.807, 2.05) is 36.4 Å². The molecule has 0 aliphatic rings. The second kappa shape index (κ2) is 7.61. The maximum absolute atomic E-state index is 11.9. The van der Waals surface area contributed by atoms with Crippen molar-refractivity contribution >= 4 is 33.6 Å². The predicted octanol–water partition coefficient (Wildman–Crippen LogP) is 2.80. The fourth-order valence-electron chi connectivity index (χ4n) is 1.90. The third-order valence-electron chi connectivity index (χ3n) is 2.99. The lowest BCUT2D eigenvalue weighted by atomic mass is 10.1. The molecule has 0 aliphatic carbocycles. The lowest BCUT2D eigenvalue weighted by molar-refractivity contribution is -0.120. The Labute approximate surface area is 137 Å². The maximum Gasteiger partial charge on any atom is 0.316 e. The summed E-state index contributed by atoms with van der Waals surface area (Å²) in [6.45, 7) is 0.437. The molecular formula is C16H16BrN3O2. The van der Waals surface area contributed by atoms with Crippen molar-refractivity contribution < 1.29 is 9.59 Å². The summed E-state index contributed by atoms with van der Waals surface area (Å²) in [4.78, 5) is 22.6. The largest absolute Gasteiger partial charge is 0.352 e. The van der Waals surface area contributed by atoms with E-state index in [0.29, 0.717) is 18.7 Å². The first kappa shape index (κ1) is 16.0. The zero-order valence-corrected chi connectivity index (χ0v) is 13.4. The molecule has 22 heavy (non-hydrogen) atoms. The smallest absolute Gasteiger partial charge is 0.316 e. The number of halogens is 1. The second-order valence-electron chi connectivity index (χ2n) is 4.77. The average Bonchev–Trinajstić information content (AvgIpc) is 2.48. The summed E-state index contributed by atoms with van der Waals surface area (Å²) in [6, 6.07) is 14.2. The number of rotatable bonds is 5. The normalized spacial score (nSPS) is 10.0. The van der Waals surface area contributed by atoms with Crippen molar-refractivity contribution in [3.63, 3.8) is 0 Å². The minimum absolute atomic E-state index is 0.0401. The molecule has 2 aromatic rings. The van der Waals surface area contributed by atoms with Gasteiger partial charge in [-0.3, -0.25) is 4.79 Å². The zero-order chi connectivity index (χ0) is 15.9. The van der Waals surface area contributed by atoms with Crippen molar-refractivity contribution in [1.29, 1.82) is 0 Å². The molecule has 0 saturated heterocycles. The molecule has 114 valence electrons. The van der Waals surface area contributed by atoms with Crippen LogP contribution in [0.1, 0.15) is 11.1 Å². The summed E-state index contributed by atoms with van der Waals surface area (Å²) in [6.07, 6.45) is 0.342. The number of urea groups is 1. The lowest BCUT2D eigenvalue weighted by Crippen LogP contribution is -2.24. The number of benzene rings is 2. The van der Waals surface area contributed by atoms with Gasteiger partial charge in [0.1, 0.15) is 0 Å². The van der Waals surface area contributed by atoms with Gasteiger partial charge in [-0.1, -0.05) is 40.2 Å². The molecule has 0 saturated carbocycles. The number of amides is 3. The third kappa shape index (κ3) is 5.21. The highest BCUT2D eigenvalue weighted by molar-refractivity contribution is 9.10. The monoisotopic (exact) mass is 361 g/mol. The van der Waals surface area contributed by atoms with Gasteiger partial charge in [0, 0.05) is 16.7 Å². The molecule has 0 aromatic heterocycles. The Morgan fingerprint density at radius 2 is 1.55 bits per heavy atom. The molecule has 0 aliphatic heterocycles. The number of nitrogens with two attached hydrogens (primary N) is 1. The van der Waals surface area contributed by atoms with Crippen molar-refractivity contribution in [1.82, 2.24) is 5.32 Å². The van der Waals surface area contributed by atoms with Gasteiger partial charge in [-0.25, -0.2) is 4.79 Å². The highest BCUT2D eigenvalue weighted by atomic mass is 79.9. The molecule has 0 bridgehead atoms. The van der Waals surface area contributed by atoms with Crippen LogP contribution >= 0.6 is 15.9 Å². The molecule has 2 aromatic carbocycles. The molecule has 6 heteroatoms. The van der Waals surface area contributed by atoms with Crippen LogP contribution in [0.25, 0.3) is 0 Å². The lowest BCUT2D eigenvalue weighted by Gasteiger charge is -2.07.